The summed E-state index contributed by atoms with van der Waals surface area (Å²) in [4.78, 5) is 13.0. The molecule has 0 aliphatic carbocycles. The van der Waals surface area contributed by atoms with E-state index in [1.807, 2.05) is 0 Å². The highest BCUT2D eigenvalue weighted by molar-refractivity contribution is 7.88. The second-order valence-electron chi connectivity index (χ2n) is 6.34. The second kappa shape index (κ2) is 9.52. The topological polar surface area (TPSA) is 126 Å². The summed E-state index contributed by atoms with van der Waals surface area (Å²) in [6, 6.07) is 5.32. The van der Waals surface area contributed by atoms with Gasteiger partial charge in [0.15, 0.2) is 5.76 Å². The molecule has 0 amide bonds. The minimum absolute atomic E-state index is 0. The van der Waals surface area contributed by atoms with Crippen molar-refractivity contribution in [2.24, 2.45) is 0 Å². The van der Waals surface area contributed by atoms with E-state index >= 15 is 0 Å². The lowest BCUT2D eigenvalue weighted by Crippen LogP contribution is -2.49. The van der Waals surface area contributed by atoms with Crippen LogP contribution < -0.4 is 0 Å². The van der Waals surface area contributed by atoms with Crippen molar-refractivity contribution in [2.75, 3.05) is 39.0 Å². The van der Waals surface area contributed by atoms with Crippen LogP contribution in [0, 0.1) is 0 Å². The van der Waals surface area contributed by atoms with Crippen LogP contribution in [0.25, 0.3) is 11.5 Å². The predicted octanol–water partition coefficient (Wildman–Crippen LogP) is 0.903. The molecule has 1 N–H and O–H groups in total. The SMILES string of the molecule is CS(=O)(=O)N(CC(=O)O)CC1CN(Cc2cc(-c3ccco3)on2)CCO1.Cl. The normalized spacial score (nSPS) is 18.1. The monoisotopic (exact) mass is 435 g/mol. The largest absolute Gasteiger partial charge is 0.480 e. The third-order valence-corrected chi connectivity index (χ3v) is 5.34. The number of aromatic nitrogens is 1. The third kappa shape index (κ3) is 6.04. The fraction of sp³-hybridized carbons (Fsp3) is 0.500. The van der Waals surface area contributed by atoms with Crippen LogP contribution in [-0.4, -0.2) is 79.0 Å². The lowest BCUT2D eigenvalue weighted by Gasteiger charge is -2.34. The van der Waals surface area contributed by atoms with Gasteiger partial charge in [0.05, 0.1) is 30.9 Å². The van der Waals surface area contributed by atoms with Gasteiger partial charge in [-0.1, -0.05) is 5.16 Å². The average molecular weight is 436 g/mol. The van der Waals surface area contributed by atoms with Crippen molar-refractivity contribution < 1.29 is 32.0 Å². The molecule has 2 aromatic heterocycles. The maximum atomic E-state index is 11.8. The number of carbonyl (C=O) groups is 1. The third-order valence-electron chi connectivity index (χ3n) is 4.12. The summed E-state index contributed by atoms with van der Waals surface area (Å²) in [5, 5.41) is 12.9. The van der Waals surface area contributed by atoms with Crippen molar-refractivity contribution in [3.63, 3.8) is 0 Å². The van der Waals surface area contributed by atoms with E-state index in [9.17, 15) is 13.2 Å². The number of nitrogens with zero attached hydrogens (tertiary/aromatic N) is 3. The van der Waals surface area contributed by atoms with Crippen LogP contribution in [0.15, 0.2) is 33.4 Å². The van der Waals surface area contributed by atoms with Crippen LogP contribution in [0.3, 0.4) is 0 Å². The van der Waals surface area contributed by atoms with Gasteiger partial charge < -0.3 is 18.8 Å². The van der Waals surface area contributed by atoms with Crippen molar-refractivity contribution in [3.05, 3.63) is 30.2 Å². The van der Waals surface area contributed by atoms with Crippen LogP contribution in [0.2, 0.25) is 0 Å². The Bertz CT molecular complexity index is 869. The Morgan fingerprint density at radius 1 is 1.43 bits per heavy atom. The Hall–Kier alpha value is -1.92. The molecule has 0 bridgehead atoms. The highest BCUT2D eigenvalue weighted by atomic mass is 35.5. The summed E-state index contributed by atoms with van der Waals surface area (Å²) in [7, 11) is -3.64. The summed E-state index contributed by atoms with van der Waals surface area (Å²) in [6.45, 7) is 1.42. The van der Waals surface area contributed by atoms with E-state index in [2.05, 4.69) is 10.1 Å². The molecule has 0 aromatic carbocycles. The number of ether oxygens (including phenoxy) is 1. The summed E-state index contributed by atoms with van der Waals surface area (Å²) < 4.78 is 40.7. The van der Waals surface area contributed by atoms with Gasteiger partial charge in [0, 0.05) is 32.2 Å². The fourth-order valence-corrected chi connectivity index (χ4v) is 3.66. The van der Waals surface area contributed by atoms with Gasteiger partial charge in [-0.15, -0.1) is 12.4 Å². The van der Waals surface area contributed by atoms with E-state index in [-0.39, 0.29) is 19.0 Å². The Kier molecular flexibility index (Phi) is 7.61. The molecular weight excluding hydrogens is 414 g/mol. The lowest BCUT2D eigenvalue weighted by atomic mass is 10.2. The predicted molar refractivity (Wildman–Crippen MR) is 101 cm³/mol. The van der Waals surface area contributed by atoms with Gasteiger partial charge in [0.2, 0.25) is 15.8 Å². The molecule has 2 aromatic rings. The molecular formula is C16H22ClN3O7S. The van der Waals surface area contributed by atoms with Crippen LogP contribution in [0.4, 0.5) is 0 Å². The molecule has 1 atom stereocenters. The molecule has 3 heterocycles. The number of sulfonamides is 1. The van der Waals surface area contributed by atoms with Gasteiger partial charge >= 0.3 is 5.97 Å². The Balaban J connectivity index is 0.00000280. The number of hydrogen-bond acceptors (Lipinski definition) is 8. The maximum Gasteiger partial charge on any atom is 0.318 e. The molecule has 1 fully saturated rings. The fourth-order valence-electron chi connectivity index (χ4n) is 2.88. The van der Waals surface area contributed by atoms with E-state index in [0.29, 0.717) is 43.5 Å². The molecule has 1 unspecified atom stereocenters. The second-order valence-corrected chi connectivity index (χ2v) is 8.32. The Morgan fingerprint density at radius 2 is 2.21 bits per heavy atom. The number of carboxylic acid groups (broad SMARTS) is 1. The van der Waals surface area contributed by atoms with Crippen LogP contribution in [-0.2, 0) is 26.1 Å². The first-order valence-electron chi connectivity index (χ1n) is 8.31. The molecule has 1 saturated heterocycles. The molecule has 28 heavy (non-hydrogen) atoms. The maximum absolute atomic E-state index is 11.8. The zero-order chi connectivity index (χ0) is 19.4. The molecule has 12 heteroatoms. The van der Waals surface area contributed by atoms with E-state index in [1.54, 1.807) is 24.5 Å². The van der Waals surface area contributed by atoms with Crippen LogP contribution >= 0.6 is 12.4 Å². The smallest absolute Gasteiger partial charge is 0.318 e. The molecule has 0 saturated carbocycles. The van der Waals surface area contributed by atoms with Gasteiger partial charge in [-0.3, -0.25) is 9.69 Å². The quantitative estimate of drug-likeness (QED) is 0.643. The van der Waals surface area contributed by atoms with Crippen LogP contribution in [0.5, 0.6) is 0 Å². The number of furan rings is 1. The first-order chi connectivity index (χ1) is 12.8. The van der Waals surface area contributed by atoms with Gasteiger partial charge in [-0.05, 0) is 12.1 Å². The Morgan fingerprint density at radius 3 is 2.86 bits per heavy atom. The van der Waals surface area contributed by atoms with Crippen molar-refractivity contribution in [1.29, 1.82) is 0 Å². The van der Waals surface area contributed by atoms with Crippen molar-refractivity contribution in [3.8, 4) is 11.5 Å². The number of carboxylic acids is 1. The zero-order valence-corrected chi connectivity index (χ0v) is 16.8. The lowest BCUT2D eigenvalue weighted by molar-refractivity contribution is -0.137. The van der Waals surface area contributed by atoms with Gasteiger partial charge in [0.25, 0.3) is 0 Å². The van der Waals surface area contributed by atoms with Gasteiger partial charge in [0.1, 0.15) is 6.54 Å². The molecule has 0 radical (unpaired) electrons. The van der Waals surface area contributed by atoms with Crippen LogP contribution in [0.1, 0.15) is 5.69 Å². The minimum atomic E-state index is -3.64. The summed E-state index contributed by atoms with van der Waals surface area (Å²) in [5.41, 5.74) is 0.715. The minimum Gasteiger partial charge on any atom is -0.480 e. The summed E-state index contributed by atoms with van der Waals surface area (Å²) in [5.74, 6) is -0.0864. The standard InChI is InChI=1S/C16H21N3O7S.ClH/c1-27(22,23)19(11-16(20)21)10-13-9-18(4-6-24-13)8-12-7-15(26-17-12)14-3-2-5-25-14;/h2-3,5,7,13H,4,6,8-11H2,1H3,(H,20,21);1H. The van der Waals surface area contributed by atoms with Crippen molar-refractivity contribution in [1.82, 2.24) is 14.4 Å². The highest BCUT2D eigenvalue weighted by Crippen LogP contribution is 2.21. The molecule has 3 rings (SSSR count). The summed E-state index contributed by atoms with van der Waals surface area (Å²) in [6.07, 6.45) is 2.11. The van der Waals surface area contributed by atoms with E-state index in [0.717, 1.165) is 10.6 Å². The molecule has 10 nitrogen and oxygen atoms in total. The zero-order valence-electron chi connectivity index (χ0n) is 15.2. The van der Waals surface area contributed by atoms with Crippen molar-refractivity contribution in [2.45, 2.75) is 12.6 Å². The summed E-state index contributed by atoms with van der Waals surface area (Å²) >= 11 is 0. The molecule has 1 aliphatic rings. The first-order valence-corrected chi connectivity index (χ1v) is 10.2. The highest BCUT2D eigenvalue weighted by Gasteiger charge is 2.28. The van der Waals surface area contributed by atoms with Crippen molar-refractivity contribution >= 4 is 28.4 Å². The average Bonchev–Trinajstić information content (AvgIpc) is 3.24. The Labute approximate surface area is 168 Å². The van der Waals surface area contributed by atoms with Gasteiger partial charge in [-0.25, -0.2) is 8.42 Å². The number of hydrogen-bond donors (Lipinski definition) is 1. The van der Waals surface area contributed by atoms with E-state index in [4.69, 9.17) is 18.8 Å². The first kappa shape index (κ1) is 22.4. The number of rotatable bonds is 8. The molecule has 156 valence electrons. The van der Waals surface area contributed by atoms with Gasteiger partial charge in [-0.2, -0.15) is 4.31 Å². The molecule has 0 spiro atoms. The molecule has 1 aliphatic heterocycles. The number of halogens is 1. The van der Waals surface area contributed by atoms with E-state index in [1.165, 1.54) is 0 Å². The number of morpholine rings is 1. The number of aliphatic carboxylic acids is 1. The van der Waals surface area contributed by atoms with E-state index < -0.39 is 28.6 Å².